The lowest BCUT2D eigenvalue weighted by atomic mass is 10.1. The van der Waals surface area contributed by atoms with Crippen LogP contribution in [0.25, 0.3) is 0 Å². The summed E-state index contributed by atoms with van der Waals surface area (Å²) in [6, 6.07) is 3.64. The number of pyridine rings is 1. The van der Waals surface area contributed by atoms with Crippen LogP contribution in [0.3, 0.4) is 0 Å². The molecule has 0 saturated heterocycles. The van der Waals surface area contributed by atoms with Crippen LogP contribution in [0.4, 0.5) is 4.39 Å². The zero-order valence-corrected chi connectivity index (χ0v) is 11.9. The monoisotopic (exact) mass is 314 g/mol. The Hall–Kier alpha value is -0.780. The zero-order valence-electron chi connectivity index (χ0n) is 9.50. The molecule has 90 valence electrons. The summed E-state index contributed by atoms with van der Waals surface area (Å²) in [6.07, 6.45) is 2.85. The third kappa shape index (κ3) is 2.56. The second kappa shape index (κ2) is 5.25. The first-order valence-electron chi connectivity index (χ1n) is 5.16. The highest BCUT2D eigenvalue weighted by atomic mass is 79.9. The molecule has 0 aliphatic carbocycles. The van der Waals surface area contributed by atoms with Gasteiger partial charge in [0.05, 0.1) is 16.0 Å². The van der Waals surface area contributed by atoms with Gasteiger partial charge in [-0.3, -0.25) is 4.98 Å². The number of hydrogen-bond donors (Lipinski definition) is 1. The van der Waals surface area contributed by atoms with Gasteiger partial charge in [-0.1, -0.05) is 0 Å². The maximum absolute atomic E-state index is 13.7. The summed E-state index contributed by atoms with van der Waals surface area (Å²) in [4.78, 5) is 4.85. The molecule has 2 rings (SSSR count). The van der Waals surface area contributed by atoms with E-state index in [4.69, 9.17) is 0 Å². The molecule has 0 aromatic carbocycles. The molecule has 0 radical (unpaired) electrons. The molecule has 1 N–H and O–H groups in total. The van der Waals surface area contributed by atoms with Gasteiger partial charge in [-0.2, -0.15) is 0 Å². The summed E-state index contributed by atoms with van der Waals surface area (Å²) in [5.74, 6) is -0.283. The molecule has 2 nitrogen and oxygen atoms in total. The summed E-state index contributed by atoms with van der Waals surface area (Å²) in [7, 11) is 1.83. The van der Waals surface area contributed by atoms with E-state index in [2.05, 4.69) is 32.3 Å². The molecular formula is C12H12BrFN2S. The molecule has 0 saturated carbocycles. The first-order chi connectivity index (χ1) is 8.13. The van der Waals surface area contributed by atoms with E-state index in [1.54, 1.807) is 23.6 Å². The lowest BCUT2D eigenvalue weighted by Crippen LogP contribution is -2.17. The van der Waals surface area contributed by atoms with Crippen LogP contribution < -0.4 is 5.32 Å². The molecule has 0 amide bonds. The number of nitrogens with one attached hydrogen (secondary N) is 1. The average Bonchev–Trinajstić information content (AvgIpc) is 2.63. The molecule has 0 aliphatic heterocycles. The van der Waals surface area contributed by atoms with Crippen molar-refractivity contribution in [1.29, 1.82) is 0 Å². The van der Waals surface area contributed by atoms with Gasteiger partial charge in [-0.15, -0.1) is 11.3 Å². The molecule has 2 aromatic heterocycles. The molecule has 17 heavy (non-hydrogen) atoms. The van der Waals surface area contributed by atoms with E-state index in [1.165, 1.54) is 11.8 Å². The van der Waals surface area contributed by atoms with Crippen LogP contribution in [0.1, 0.15) is 22.0 Å². The van der Waals surface area contributed by atoms with Gasteiger partial charge in [0, 0.05) is 16.6 Å². The highest BCUT2D eigenvalue weighted by Crippen LogP contribution is 2.34. The van der Waals surface area contributed by atoms with Gasteiger partial charge in [0.2, 0.25) is 0 Å². The first-order valence-corrected chi connectivity index (χ1v) is 6.77. The predicted molar refractivity (Wildman–Crippen MR) is 71.9 cm³/mol. The highest BCUT2D eigenvalue weighted by molar-refractivity contribution is 9.11. The Balaban J connectivity index is 2.44. The minimum absolute atomic E-state index is 0.131. The SMILES string of the molecule is CNC(c1cc(C)c(Br)s1)c1ccncc1F. The number of nitrogens with zero attached hydrogens (tertiary/aromatic N) is 1. The quantitative estimate of drug-likeness (QED) is 0.935. The van der Waals surface area contributed by atoms with E-state index in [9.17, 15) is 4.39 Å². The van der Waals surface area contributed by atoms with Crippen molar-refractivity contribution in [3.05, 3.63) is 50.1 Å². The second-order valence-electron chi connectivity index (χ2n) is 3.72. The molecule has 1 unspecified atom stereocenters. The third-order valence-electron chi connectivity index (χ3n) is 2.56. The lowest BCUT2D eigenvalue weighted by molar-refractivity contribution is 0.573. The minimum atomic E-state index is -0.283. The Morgan fingerprint density at radius 3 is 2.82 bits per heavy atom. The molecular weight excluding hydrogens is 303 g/mol. The van der Waals surface area contributed by atoms with Crippen LogP contribution in [0, 0.1) is 12.7 Å². The Kier molecular flexibility index (Phi) is 3.91. The topological polar surface area (TPSA) is 24.9 Å². The number of halogens is 2. The number of hydrogen-bond acceptors (Lipinski definition) is 3. The van der Waals surface area contributed by atoms with Gasteiger partial charge in [0.25, 0.3) is 0 Å². The zero-order chi connectivity index (χ0) is 12.4. The Morgan fingerprint density at radius 1 is 1.53 bits per heavy atom. The summed E-state index contributed by atoms with van der Waals surface area (Å²) in [5, 5.41) is 3.14. The first kappa shape index (κ1) is 12.7. The van der Waals surface area contributed by atoms with Crippen molar-refractivity contribution in [2.24, 2.45) is 0 Å². The second-order valence-corrected chi connectivity index (χ2v) is 6.13. The fraction of sp³-hybridized carbons (Fsp3) is 0.250. The molecule has 0 fully saturated rings. The molecule has 2 heterocycles. The standard InChI is InChI=1S/C12H12BrFN2S/c1-7-5-10(17-12(7)13)11(15-2)8-3-4-16-6-9(8)14/h3-6,11,15H,1-2H3. The van der Waals surface area contributed by atoms with Crippen molar-refractivity contribution in [2.75, 3.05) is 7.05 Å². The minimum Gasteiger partial charge on any atom is -0.309 e. The molecule has 5 heteroatoms. The van der Waals surface area contributed by atoms with Gasteiger partial charge in [0.1, 0.15) is 5.82 Å². The summed E-state index contributed by atoms with van der Waals surface area (Å²) < 4.78 is 14.8. The Labute approximate surface area is 112 Å². The maximum atomic E-state index is 13.7. The summed E-state index contributed by atoms with van der Waals surface area (Å²) in [6.45, 7) is 2.03. The smallest absolute Gasteiger partial charge is 0.146 e. The average molecular weight is 315 g/mol. The lowest BCUT2D eigenvalue weighted by Gasteiger charge is -2.15. The van der Waals surface area contributed by atoms with Crippen molar-refractivity contribution in [3.63, 3.8) is 0 Å². The number of thiophene rings is 1. The van der Waals surface area contributed by atoms with Gasteiger partial charge in [0.15, 0.2) is 0 Å². The molecule has 1 atom stereocenters. The molecule has 2 aromatic rings. The van der Waals surface area contributed by atoms with Gasteiger partial charge in [-0.05, 0) is 47.6 Å². The highest BCUT2D eigenvalue weighted by Gasteiger charge is 2.18. The van der Waals surface area contributed by atoms with Crippen molar-refractivity contribution in [2.45, 2.75) is 13.0 Å². The number of aromatic nitrogens is 1. The van der Waals surface area contributed by atoms with Crippen LogP contribution in [0.2, 0.25) is 0 Å². The van der Waals surface area contributed by atoms with Crippen LogP contribution in [-0.2, 0) is 0 Å². The van der Waals surface area contributed by atoms with Crippen LogP contribution in [-0.4, -0.2) is 12.0 Å². The van der Waals surface area contributed by atoms with E-state index in [0.29, 0.717) is 5.56 Å². The van der Waals surface area contributed by atoms with Gasteiger partial charge >= 0.3 is 0 Å². The van der Waals surface area contributed by atoms with Crippen LogP contribution >= 0.6 is 27.3 Å². The van der Waals surface area contributed by atoms with Crippen molar-refractivity contribution >= 4 is 27.3 Å². The van der Waals surface area contributed by atoms with Gasteiger partial charge < -0.3 is 5.32 Å². The van der Waals surface area contributed by atoms with Crippen LogP contribution in [0.15, 0.2) is 28.3 Å². The Morgan fingerprint density at radius 2 is 2.29 bits per heavy atom. The molecule has 0 bridgehead atoms. The maximum Gasteiger partial charge on any atom is 0.146 e. The molecule has 0 aliphatic rings. The van der Waals surface area contributed by atoms with E-state index >= 15 is 0 Å². The Bertz CT molecular complexity index is 507. The largest absolute Gasteiger partial charge is 0.309 e. The number of rotatable bonds is 3. The predicted octanol–water partition coefficient (Wildman–Crippen LogP) is 3.66. The van der Waals surface area contributed by atoms with E-state index in [1.807, 2.05) is 14.0 Å². The third-order valence-corrected chi connectivity index (χ3v) is 4.77. The van der Waals surface area contributed by atoms with Crippen molar-refractivity contribution in [1.82, 2.24) is 10.3 Å². The van der Waals surface area contributed by atoms with E-state index < -0.39 is 0 Å². The fourth-order valence-electron chi connectivity index (χ4n) is 1.70. The summed E-state index contributed by atoms with van der Waals surface area (Å²) in [5.41, 5.74) is 1.79. The van der Waals surface area contributed by atoms with E-state index in [-0.39, 0.29) is 11.9 Å². The molecule has 0 spiro atoms. The van der Waals surface area contributed by atoms with Crippen LogP contribution in [0.5, 0.6) is 0 Å². The van der Waals surface area contributed by atoms with E-state index in [0.717, 1.165) is 8.66 Å². The van der Waals surface area contributed by atoms with Crippen molar-refractivity contribution < 1.29 is 4.39 Å². The number of aryl methyl sites for hydroxylation is 1. The van der Waals surface area contributed by atoms with Crippen molar-refractivity contribution in [3.8, 4) is 0 Å². The summed E-state index contributed by atoms with van der Waals surface area (Å²) >= 11 is 5.11. The normalized spacial score (nSPS) is 12.7. The fourth-order valence-corrected chi connectivity index (χ4v) is 3.40. The van der Waals surface area contributed by atoms with Gasteiger partial charge in [-0.25, -0.2) is 4.39 Å².